The number of rotatable bonds is 1. The summed E-state index contributed by atoms with van der Waals surface area (Å²) in [6.45, 7) is 6.16. The summed E-state index contributed by atoms with van der Waals surface area (Å²) >= 11 is 11.6. The van der Waals surface area contributed by atoms with Crippen LogP contribution in [0, 0.1) is 6.92 Å². The molecule has 0 aliphatic heterocycles. The van der Waals surface area contributed by atoms with Crippen molar-refractivity contribution in [3.8, 4) is 0 Å². The summed E-state index contributed by atoms with van der Waals surface area (Å²) in [5, 5.41) is 0.921. The Morgan fingerprint density at radius 1 is 1.33 bits per heavy atom. The minimum absolute atomic E-state index is 0.389. The van der Waals surface area contributed by atoms with Crippen LogP contribution in [0.25, 0.3) is 0 Å². The fourth-order valence-corrected chi connectivity index (χ4v) is 1.51. The van der Waals surface area contributed by atoms with Crippen molar-refractivity contribution in [1.82, 2.24) is 4.98 Å². The smallest absolute Gasteiger partial charge is 0.147 e. The summed E-state index contributed by atoms with van der Waals surface area (Å²) in [6.07, 6.45) is 0. The van der Waals surface area contributed by atoms with E-state index in [9.17, 15) is 0 Å². The molecule has 0 amide bonds. The van der Waals surface area contributed by atoms with Crippen molar-refractivity contribution in [2.24, 2.45) is 0 Å². The van der Waals surface area contributed by atoms with E-state index in [1.807, 2.05) is 13.0 Å². The molecule has 1 rings (SSSR count). The molecule has 0 N–H and O–H groups in total. The van der Waals surface area contributed by atoms with Crippen LogP contribution in [-0.4, -0.2) is 4.98 Å². The van der Waals surface area contributed by atoms with Crippen molar-refractivity contribution >= 4 is 23.2 Å². The van der Waals surface area contributed by atoms with E-state index in [2.05, 4.69) is 18.8 Å². The van der Waals surface area contributed by atoms with Gasteiger partial charge in [-0.05, 0) is 24.5 Å². The van der Waals surface area contributed by atoms with E-state index in [0.717, 1.165) is 11.3 Å². The second-order valence-corrected chi connectivity index (χ2v) is 3.88. The van der Waals surface area contributed by atoms with Gasteiger partial charge in [0.25, 0.3) is 0 Å². The highest BCUT2D eigenvalue weighted by Crippen LogP contribution is 2.25. The lowest BCUT2D eigenvalue weighted by Gasteiger charge is -2.09. The van der Waals surface area contributed by atoms with Gasteiger partial charge in [0.2, 0.25) is 0 Å². The van der Waals surface area contributed by atoms with Gasteiger partial charge in [-0.25, -0.2) is 4.98 Å². The second kappa shape index (κ2) is 3.63. The zero-order chi connectivity index (χ0) is 9.30. The van der Waals surface area contributed by atoms with Crippen molar-refractivity contribution in [2.75, 3.05) is 0 Å². The lowest BCUT2D eigenvalue weighted by molar-refractivity contribution is 0.812. The Hall–Kier alpha value is -0.270. The quantitative estimate of drug-likeness (QED) is 0.633. The Balaban J connectivity index is 3.23. The first kappa shape index (κ1) is 9.82. The minimum Gasteiger partial charge on any atom is -0.239 e. The van der Waals surface area contributed by atoms with Gasteiger partial charge in [0.15, 0.2) is 0 Å². The first-order chi connectivity index (χ1) is 5.52. The van der Waals surface area contributed by atoms with Crippen LogP contribution in [0.3, 0.4) is 0 Å². The number of aryl methyl sites for hydroxylation is 1. The molecule has 1 heterocycles. The number of hydrogen-bond acceptors (Lipinski definition) is 1. The average molecular weight is 204 g/mol. The summed E-state index contributed by atoms with van der Waals surface area (Å²) in [5.74, 6) is 0.389. The van der Waals surface area contributed by atoms with E-state index in [0.29, 0.717) is 16.1 Å². The monoisotopic (exact) mass is 203 g/mol. The summed E-state index contributed by atoms with van der Waals surface area (Å²) in [7, 11) is 0. The normalized spacial score (nSPS) is 10.8. The maximum Gasteiger partial charge on any atom is 0.147 e. The molecule has 1 aromatic heterocycles. The van der Waals surface area contributed by atoms with E-state index in [-0.39, 0.29) is 0 Å². The molecule has 0 aromatic carbocycles. The molecular weight excluding hydrogens is 193 g/mol. The maximum atomic E-state index is 5.80. The van der Waals surface area contributed by atoms with Crippen molar-refractivity contribution in [3.63, 3.8) is 0 Å². The van der Waals surface area contributed by atoms with Crippen LogP contribution in [0.1, 0.15) is 31.0 Å². The first-order valence-corrected chi connectivity index (χ1v) is 4.60. The molecule has 12 heavy (non-hydrogen) atoms. The molecular formula is C9H11Cl2N. The molecule has 0 bridgehead atoms. The average Bonchev–Trinajstić information content (AvgIpc) is 1.96. The van der Waals surface area contributed by atoms with Crippen LogP contribution >= 0.6 is 23.2 Å². The van der Waals surface area contributed by atoms with Crippen LogP contribution in [-0.2, 0) is 0 Å². The van der Waals surface area contributed by atoms with Gasteiger partial charge in [0.05, 0.1) is 5.02 Å². The zero-order valence-corrected chi connectivity index (χ0v) is 8.87. The number of nitrogens with zero attached hydrogens (tertiary/aromatic N) is 1. The lowest BCUT2D eigenvalue weighted by Crippen LogP contribution is -1.96. The number of aromatic nitrogens is 1. The fraction of sp³-hybridized carbons (Fsp3) is 0.444. The van der Waals surface area contributed by atoms with Crippen LogP contribution in [0.2, 0.25) is 10.2 Å². The summed E-state index contributed by atoms with van der Waals surface area (Å²) < 4.78 is 0. The highest BCUT2D eigenvalue weighted by Gasteiger charge is 2.08. The van der Waals surface area contributed by atoms with Crippen LogP contribution in [0.5, 0.6) is 0 Å². The molecule has 0 aliphatic carbocycles. The molecule has 0 saturated heterocycles. The van der Waals surface area contributed by atoms with Crippen molar-refractivity contribution < 1.29 is 0 Å². The van der Waals surface area contributed by atoms with Crippen LogP contribution in [0.15, 0.2) is 6.07 Å². The van der Waals surface area contributed by atoms with E-state index < -0.39 is 0 Å². The van der Waals surface area contributed by atoms with Gasteiger partial charge in [-0.15, -0.1) is 0 Å². The molecule has 0 saturated carbocycles. The first-order valence-electron chi connectivity index (χ1n) is 3.85. The highest BCUT2D eigenvalue weighted by atomic mass is 35.5. The maximum absolute atomic E-state index is 5.80. The topological polar surface area (TPSA) is 12.9 Å². The Labute approximate surface area is 82.7 Å². The van der Waals surface area contributed by atoms with Crippen molar-refractivity contribution in [1.29, 1.82) is 0 Å². The van der Waals surface area contributed by atoms with Crippen LogP contribution in [0.4, 0.5) is 0 Å². The van der Waals surface area contributed by atoms with Crippen molar-refractivity contribution in [3.05, 3.63) is 27.5 Å². The minimum atomic E-state index is 0.389. The number of hydrogen-bond donors (Lipinski definition) is 0. The van der Waals surface area contributed by atoms with Gasteiger partial charge in [0, 0.05) is 5.69 Å². The van der Waals surface area contributed by atoms with E-state index in [1.54, 1.807) is 0 Å². The highest BCUT2D eigenvalue weighted by molar-refractivity contribution is 6.41. The molecule has 0 aliphatic rings. The van der Waals surface area contributed by atoms with Gasteiger partial charge in [-0.1, -0.05) is 37.0 Å². The third kappa shape index (κ3) is 1.90. The SMILES string of the molecule is Cc1cc(Cl)c(Cl)nc1C(C)C. The van der Waals surface area contributed by atoms with Crippen LogP contribution < -0.4 is 0 Å². The second-order valence-electron chi connectivity index (χ2n) is 3.12. The van der Waals surface area contributed by atoms with Gasteiger partial charge in [-0.3, -0.25) is 0 Å². The number of pyridine rings is 1. The van der Waals surface area contributed by atoms with E-state index in [4.69, 9.17) is 23.2 Å². The molecule has 3 heteroatoms. The zero-order valence-electron chi connectivity index (χ0n) is 7.36. The molecule has 1 aromatic rings. The Kier molecular flexibility index (Phi) is 2.97. The fourth-order valence-electron chi connectivity index (χ4n) is 1.16. The predicted molar refractivity (Wildman–Crippen MR) is 53.1 cm³/mol. The Morgan fingerprint density at radius 2 is 1.92 bits per heavy atom. The van der Waals surface area contributed by atoms with E-state index >= 15 is 0 Å². The van der Waals surface area contributed by atoms with Gasteiger partial charge in [0.1, 0.15) is 5.15 Å². The molecule has 0 unspecified atom stereocenters. The molecule has 0 fully saturated rings. The third-order valence-corrected chi connectivity index (χ3v) is 2.38. The molecule has 0 atom stereocenters. The summed E-state index contributed by atoms with van der Waals surface area (Å²) in [4.78, 5) is 4.21. The third-order valence-electron chi connectivity index (χ3n) is 1.71. The molecule has 0 spiro atoms. The standard InChI is InChI=1S/C9H11Cl2N/c1-5(2)8-6(3)4-7(10)9(11)12-8/h4-5H,1-3H3. The largest absolute Gasteiger partial charge is 0.239 e. The molecule has 0 radical (unpaired) electrons. The van der Waals surface area contributed by atoms with Crippen molar-refractivity contribution in [2.45, 2.75) is 26.7 Å². The lowest BCUT2D eigenvalue weighted by atomic mass is 10.1. The van der Waals surface area contributed by atoms with Gasteiger partial charge < -0.3 is 0 Å². The molecule has 1 nitrogen and oxygen atoms in total. The Morgan fingerprint density at radius 3 is 2.42 bits per heavy atom. The predicted octanol–water partition coefficient (Wildman–Crippen LogP) is 3.82. The summed E-state index contributed by atoms with van der Waals surface area (Å²) in [5.41, 5.74) is 2.11. The number of halogens is 2. The van der Waals surface area contributed by atoms with E-state index in [1.165, 1.54) is 0 Å². The Bertz CT molecular complexity index is 295. The van der Waals surface area contributed by atoms with Gasteiger partial charge in [-0.2, -0.15) is 0 Å². The molecule has 66 valence electrons. The summed E-state index contributed by atoms with van der Waals surface area (Å²) in [6, 6.07) is 1.85. The van der Waals surface area contributed by atoms with Gasteiger partial charge >= 0.3 is 0 Å².